The molecule has 5 rings (SSSR count). The number of pyridine rings is 1. The molecule has 0 bridgehead atoms. The van der Waals surface area contributed by atoms with Crippen LogP contribution in [0.15, 0.2) is 70.0 Å². The molecule has 1 unspecified atom stereocenters. The highest BCUT2D eigenvalue weighted by atomic mass is 32.2. The second-order valence-corrected chi connectivity index (χ2v) is 10.1. The minimum absolute atomic E-state index is 0.0409. The van der Waals surface area contributed by atoms with Gasteiger partial charge in [-0.05, 0) is 69.3 Å². The summed E-state index contributed by atoms with van der Waals surface area (Å²) in [6, 6.07) is 16.9. The predicted molar refractivity (Wildman–Crippen MR) is 142 cm³/mol. The number of hydrogen-bond acceptors (Lipinski definition) is 6. The summed E-state index contributed by atoms with van der Waals surface area (Å²) < 4.78 is 9.32. The highest BCUT2D eigenvalue weighted by molar-refractivity contribution is 7.98. The van der Waals surface area contributed by atoms with Gasteiger partial charge in [0.1, 0.15) is 11.3 Å². The number of carbonyl (C=O) groups excluding carboxylic acids is 1. The van der Waals surface area contributed by atoms with Crippen molar-refractivity contribution in [3.8, 4) is 11.3 Å². The second-order valence-electron chi connectivity index (χ2n) is 9.00. The van der Waals surface area contributed by atoms with E-state index in [2.05, 4.69) is 15.0 Å². The molecule has 0 spiro atoms. The van der Waals surface area contributed by atoms with E-state index in [-0.39, 0.29) is 17.4 Å². The van der Waals surface area contributed by atoms with Gasteiger partial charge in [-0.2, -0.15) is 0 Å². The quantitative estimate of drug-likeness (QED) is 0.304. The van der Waals surface area contributed by atoms with E-state index >= 15 is 0 Å². The molecule has 35 heavy (non-hydrogen) atoms. The lowest BCUT2D eigenvalue weighted by molar-refractivity contribution is 0.0980. The van der Waals surface area contributed by atoms with Gasteiger partial charge in [-0.1, -0.05) is 36.4 Å². The predicted octanol–water partition coefficient (Wildman–Crippen LogP) is 6.19. The number of rotatable bonds is 7. The van der Waals surface area contributed by atoms with Crippen LogP contribution in [-0.4, -0.2) is 16.1 Å². The fourth-order valence-electron chi connectivity index (χ4n) is 4.14. The van der Waals surface area contributed by atoms with Crippen molar-refractivity contribution in [2.75, 3.05) is 5.32 Å². The van der Waals surface area contributed by atoms with E-state index in [4.69, 9.17) is 4.42 Å². The lowest BCUT2D eigenvalue weighted by Crippen LogP contribution is -2.21. The van der Waals surface area contributed by atoms with Crippen LogP contribution in [0.2, 0.25) is 0 Å². The maximum absolute atomic E-state index is 13.3. The van der Waals surface area contributed by atoms with Crippen LogP contribution in [0, 0.1) is 13.8 Å². The number of aromatic nitrogens is 1. The zero-order chi connectivity index (χ0) is 24.5. The Bertz CT molecular complexity index is 1460. The highest BCUT2D eigenvalue weighted by Crippen LogP contribution is 2.34. The second kappa shape index (κ2) is 9.58. The van der Waals surface area contributed by atoms with Crippen molar-refractivity contribution in [1.29, 1.82) is 0 Å². The molecule has 178 valence electrons. The van der Waals surface area contributed by atoms with Gasteiger partial charge in [0.25, 0.3) is 5.91 Å². The number of nitrogens with one attached hydrogen (secondary N) is 2. The van der Waals surface area contributed by atoms with Gasteiger partial charge in [-0.3, -0.25) is 14.3 Å². The third-order valence-electron chi connectivity index (χ3n) is 6.13. The number of aryl methyl sites for hydroxylation is 1. The summed E-state index contributed by atoms with van der Waals surface area (Å²) in [5.41, 5.74) is 4.72. The Labute approximate surface area is 208 Å². The smallest absolute Gasteiger partial charge is 0.281 e. The molecule has 1 amide bonds. The van der Waals surface area contributed by atoms with Gasteiger partial charge < -0.3 is 9.73 Å². The number of hydrogen-bond donors (Lipinski definition) is 2. The van der Waals surface area contributed by atoms with Crippen molar-refractivity contribution < 1.29 is 9.21 Å². The van der Waals surface area contributed by atoms with Crippen LogP contribution in [0.1, 0.15) is 53.0 Å². The van der Waals surface area contributed by atoms with Gasteiger partial charge in [0.05, 0.1) is 17.1 Å². The Morgan fingerprint density at radius 2 is 1.89 bits per heavy atom. The number of amides is 1. The number of anilines is 1. The number of nitrogens with zero attached hydrogens (tertiary/aromatic N) is 1. The van der Waals surface area contributed by atoms with Gasteiger partial charge in [0, 0.05) is 28.1 Å². The van der Waals surface area contributed by atoms with Crippen molar-refractivity contribution in [2.24, 2.45) is 0 Å². The molecule has 2 aromatic carbocycles. The summed E-state index contributed by atoms with van der Waals surface area (Å²) in [5.74, 6) is 0.346. The van der Waals surface area contributed by atoms with Crippen molar-refractivity contribution in [1.82, 2.24) is 9.71 Å². The molecule has 1 aliphatic rings. The van der Waals surface area contributed by atoms with Gasteiger partial charge in [-0.15, -0.1) is 0 Å². The van der Waals surface area contributed by atoms with Crippen molar-refractivity contribution in [3.05, 3.63) is 93.4 Å². The van der Waals surface area contributed by atoms with Gasteiger partial charge in [0.15, 0.2) is 11.1 Å². The number of fused-ring (bicyclic) bond motifs is 1. The molecule has 1 aliphatic carbocycles. The summed E-state index contributed by atoms with van der Waals surface area (Å²) in [4.78, 5) is 30.4. The van der Waals surface area contributed by atoms with Crippen molar-refractivity contribution in [3.63, 3.8) is 0 Å². The minimum atomic E-state index is -0.251. The van der Waals surface area contributed by atoms with E-state index < -0.39 is 0 Å². The van der Waals surface area contributed by atoms with Crippen molar-refractivity contribution >= 4 is 34.5 Å². The fraction of sp³-hybridized carbons (Fsp3) is 0.250. The van der Waals surface area contributed by atoms with E-state index in [0.29, 0.717) is 38.9 Å². The SMILES string of the molecule is Cc1cc(C(C)Nc2cccnc2C(=O)NSC2CC2)c2oc(-c3ccccc3)c(C)c(=O)c2c1. The largest absolute Gasteiger partial charge is 0.455 e. The maximum Gasteiger partial charge on any atom is 0.281 e. The van der Waals surface area contributed by atoms with Crippen LogP contribution >= 0.6 is 11.9 Å². The molecular formula is C28H27N3O3S. The summed E-state index contributed by atoms with van der Waals surface area (Å²) in [6.07, 6.45) is 3.87. The Balaban J connectivity index is 1.54. The molecule has 2 N–H and O–H groups in total. The summed E-state index contributed by atoms with van der Waals surface area (Å²) in [7, 11) is 0. The van der Waals surface area contributed by atoms with Crippen LogP contribution < -0.4 is 15.5 Å². The first-order valence-corrected chi connectivity index (χ1v) is 12.6. The standard InChI is InChI=1S/C28H27N3O3S/c1-16-14-21(18(3)30-23-10-7-13-29-24(23)28(33)31-35-20-11-12-20)27-22(15-16)25(32)17(2)26(34-27)19-8-5-4-6-9-19/h4-10,13-15,18,20,30H,11-12H2,1-3H3,(H,31,33). The van der Waals surface area contributed by atoms with Gasteiger partial charge in [0.2, 0.25) is 0 Å². The zero-order valence-corrected chi connectivity index (χ0v) is 20.7. The Kier molecular flexibility index (Phi) is 6.34. The summed E-state index contributed by atoms with van der Waals surface area (Å²) in [6.45, 7) is 5.76. The molecule has 0 aliphatic heterocycles. The molecule has 7 heteroatoms. The summed E-state index contributed by atoms with van der Waals surface area (Å²) >= 11 is 1.46. The van der Waals surface area contributed by atoms with Gasteiger partial charge >= 0.3 is 0 Å². The monoisotopic (exact) mass is 485 g/mol. The third kappa shape index (κ3) is 4.82. The maximum atomic E-state index is 13.3. The third-order valence-corrected chi connectivity index (χ3v) is 7.24. The molecule has 6 nitrogen and oxygen atoms in total. The normalized spacial score (nSPS) is 14.0. The van der Waals surface area contributed by atoms with Crippen LogP contribution in [0.5, 0.6) is 0 Å². The van der Waals surface area contributed by atoms with Crippen LogP contribution in [-0.2, 0) is 0 Å². The average molecular weight is 486 g/mol. The first-order valence-electron chi connectivity index (χ1n) is 11.7. The topological polar surface area (TPSA) is 84.2 Å². The molecular weight excluding hydrogens is 458 g/mol. The van der Waals surface area contributed by atoms with E-state index in [1.165, 1.54) is 11.9 Å². The van der Waals surface area contributed by atoms with Crippen LogP contribution in [0.25, 0.3) is 22.3 Å². The van der Waals surface area contributed by atoms with Crippen LogP contribution in [0.4, 0.5) is 5.69 Å². The lowest BCUT2D eigenvalue weighted by Gasteiger charge is -2.20. The number of benzene rings is 2. The fourth-order valence-corrected chi connectivity index (χ4v) is 4.88. The van der Waals surface area contributed by atoms with E-state index in [0.717, 1.165) is 29.5 Å². The Morgan fingerprint density at radius 3 is 2.63 bits per heavy atom. The first kappa shape index (κ1) is 23.2. The zero-order valence-electron chi connectivity index (χ0n) is 19.9. The Hall–Kier alpha value is -3.58. The lowest BCUT2D eigenvalue weighted by atomic mass is 9.98. The molecule has 2 aromatic heterocycles. The first-order chi connectivity index (χ1) is 16.9. The molecule has 4 aromatic rings. The average Bonchev–Trinajstić information content (AvgIpc) is 3.70. The van der Waals surface area contributed by atoms with Crippen molar-refractivity contribution in [2.45, 2.75) is 44.9 Å². The van der Waals surface area contributed by atoms with E-state index in [1.807, 2.05) is 62.4 Å². The van der Waals surface area contributed by atoms with Crippen LogP contribution in [0.3, 0.4) is 0 Å². The molecule has 2 heterocycles. The van der Waals surface area contributed by atoms with E-state index in [1.54, 1.807) is 19.2 Å². The minimum Gasteiger partial charge on any atom is -0.455 e. The van der Waals surface area contributed by atoms with Gasteiger partial charge in [-0.25, -0.2) is 4.98 Å². The Morgan fingerprint density at radius 1 is 1.11 bits per heavy atom. The molecule has 1 atom stereocenters. The highest BCUT2D eigenvalue weighted by Gasteiger charge is 2.25. The number of carbonyl (C=O) groups is 1. The molecule has 1 saturated carbocycles. The molecule has 1 fully saturated rings. The summed E-state index contributed by atoms with van der Waals surface area (Å²) in [5, 5.41) is 4.48. The molecule has 0 saturated heterocycles. The van der Waals surface area contributed by atoms with E-state index in [9.17, 15) is 9.59 Å². The molecule has 0 radical (unpaired) electrons.